The Hall–Kier alpha value is -3.24. The predicted molar refractivity (Wildman–Crippen MR) is 113 cm³/mol. The van der Waals surface area contributed by atoms with Crippen molar-refractivity contribution in [3.05, 3.63) is 50.0 Å². The molecule has 0 saturated heterocycles. The van der Waals surface area contributed by atoms with E-state index in [0.29, 0.717) is 27.3 Å². The third-order valence-corrected chi connectivity index (χ3v) is 5.08. The number of aromatic nitrogens is 2. The Morgan fingerprint density at radius 1 is 1.30 bits per heavy atom. The average Bonchev–Trinajstić information content (AvgIpc) is 3.34. The highest BCUT2D eigenvalue weighted by atomic mass is 35.5. The van der Waals surface area contributed by atoms with E-state index in [9.17, 15) is 9.90 Å². The molecular weight excluding hydrogens is 433 g/mol. The quantitative estimate of drug-likeness (QED) is 0.573. The summed E-state index contributed by atoms with van der Waals surface area (Å²) in [6, 6.07) is 5.26. The molecule has 2 aromatic rings. The topological polar surface area (TPSA) is 130 Å². The highest BCUT2D eigenvalue weighted by molar-refractivity contribution is 6.34. The maximum atomic E-state index is 11.4. The van der Waals surface area contributed by atoms with Crippen LogP contribution in [0.3, 0.4) is 0 Å². The normalized spacial score (nSPS) is 22.9. The Morgan fingerprint density at radius 3 is 2.87 bits per heavy atom. The molecule has 4 N–H and O–H groups in total. The van der Waals surface area contributed by atoms with Gasteiger partial charge in [-0.25, -0.2) is 19.8 Å². The molecule has 3 aliphatic rings. The lowest BCUT2D eigenvalue weighted by atomic mass is 10.2. The van der Waals surface area contributed by atoms with Crippen molar-refractivity contribution in [1.29, 1.82) is 0 Å². The fourth-order valence-corrected chi connectivity index (χ4v) is 3.26. The maximum Gasteiger partial charge on any atom is 0.326 e. The van der Waals surface area contributed by atoms with Crippen LogP contribution in [0.4, 0.5) is 0 Å². The number of benzene rings is 1. The molecule has 5 rings (SSSR count). The van der Waals surface area contributed by atoms with Gasteiger partial charge in [0.05, 0.1) is 17.3 Å². The van der Waals surface area contributed by atoms with Crippen molar-refractivity contribution in [1.82, 2.24) is 20.3 Å². The highest BCUT2D eigenvalue weighted by Crippen LogP contribution is 2.31. The van der Waals surface area contributed by atoms with E-state index < -0.39 is 11.9 Å². The number of halogens is 2. The number of H-pyrrole nitrogens is 2. The van der Waals surface area contributed by atoms with Gasteiger partial charge in [-0.2, -0.15) is 5.10 Å². The van der Waals surface area contributed by atoms with E-state index in [1.165, 1.54) is 0 Å². The second-order valence-electron chi connectivity index (χ2n) is 6.87. The summed E-state index contributed by atoms with van der Waals surface area (Å²) >= 11 is 12.2. The van der Waals surface area contributed by atoms with Crippen molar-refractivity contribution in [2.45, 2.75) is 25.0 Å². The number of hydrazone groups is 1. The summed E-state index contributed by atoms with van der Waals surface area (Å²) in [6.45, 7) is 0. The Kier molecular flexibility index (Phi) is 4.52. The van der Waals surface area contributed by atoms with Crippen molar-refractivity contribution in [2.75, 3.05) is 0 Å². The molecule has 10 nitrogen and oxygen atoms in total. The van der Waals surface area contributed by atoms with Crippen molar-refractivity contribution in [2.24, 2.45) is 15.1 Å². The van der Waals surface area contributed by atoms with E-state index in [-0.39, 0.29) is 23.6 Å². The van der Waals surface area contributed by atoms with E-state index in [0.717, 1.165) is 12.8 Å². The van der Waals surface area contributed by atoms with Gasteiger partial charge in [-0.1, -0.05) is 23.2 Å². The molecule has 154 valence electrons. The second kappa shape index (κ2) is 7.22. The summed E-state index contributed by atoms with van der Waals surface area (Å²) in [6.07, 6.45) is 4.56. The summed E-state index contributed by atoms with van der Waals surface area (Å²) in [5.41, 5.74) is 0.317. The van der Waals surface area contributed by atoms with Crippen LogP contribution >= 0.6 is 23.2 Å². The van der Waals surface area contributed by atoms with Crippen LogP contribution in [0.2, 0.25) is 10.0 Å². The van der Waals surface area contributed by atoms with Crippen molar-refractivity contribution in [3.63, 3.8) is 0 Å². The first-order valence-corrected chi connectivity index (χ1v) is 9.83. The molecule has 0 spiro atoms. The van der Waals surface area contributed by atoms with Gasteiger partial charge in [0.1, 0.15) is 5.69 Å². The minimum Gasteiger partial charge on any atom is -0.493 e. The van der Waals surface area contributed by atoms with Gasteiger partial charge < -0.3 is 14.8 Å². The van der Waals surface area contributed by atoms with E-state index >= 15 is 0 Å². The Labute approximate surface area is 179 Å². The van der Waals surface area contributed by atoms with Gasteiger partial charge in [0.15, 0.2) is 11.9 Å². The van der Waals surface area contributed by atoms with Crippen LogP contribution in [-0.4, -0.2) is 50.5 Å². The minimum atomic E-state index is -0.602. The summed E-state index contributed by atoms with van der Waals surface area (Å²) in [5, 5.41) is 19.7. The number of imidazole rings is 1. The van der Waals surface area contributed by atoms with Gasteiger partial charge in [0, 0.05) is 16.7 Å². The standard InChI is InChI=1S/C18H15Cl2N7O3/c19-9-1-4-11(20)13(6-9)30-18-24-14-8(5-12-15(28)25-17(29)23-12)7-21-27(14)16(26-18)22-10-2-3-10/h1,4-7,10,14,28H,2-3H2,(H,22,24,26)(H2,23,25,29)/b8-5-. The number of ether oxygens (including phenoxy) is 1. The number of fused-ring (bicyclic) bond motifs is 1. The third kappa shape index (κ3) is 3.66. The molecular formula is C18H15Cl2N7O3. The minimum absolute atomic E-state index is 0.169. The fourth-order valence-electron chi connectivity index (χ4n) is 2.95. The SMILES string of the molecule is O=c1[nH]c(O)c(/C=C2/C=NN3C(=NC4CC4)NC(Oc4cc(Cl)ccc4Cl)=NC23)[nH]1. The molecule has 0 radical (unpaired) electrons. The predicted octanol–water partition coefficient (Wildman–Crippen LogP) is 2.28. The zero-order valence-electron chi connectivity index (χ0n) is 15.3. The lowest BCUT2D eigenvalue weighted by molar-refractivity contribution is 0.362. The van der Waals surface area contributed by atoms with E-state index in [4.69, 9.17) is 27.9 Å². The molecule has 1 saturated carbocycles. The van der Waals surface area contributed by atoms with Crippen molar-refractivity contribution < 1.29 is 9.84 Å². The van der Waals surface area contributed by atoms with Crippen molar-refractivity contribution in [3.8, 4) is 11.6 Å². The van der Waals surface area contributed by atoms with E-state index in [1.807, 2.05) is 0 Å². The molecule has 12 heteroatoms. The molecule has 3 heterocycles. The van der Waals surface area contributed by atoms with Crippen LogP contribution in [0.15, 0.2) is 43.7 Å². The first-order valence-electron chi connectivity index (χ1n) is 9.08. The van der Waals surface area contributed by atoms with Gasteiger partial charge in [-0.15, -0.1) is 0 Å². The van der Waals surface area contributed by atoms with Crippen LogP contribution in [0.1, 0.15) is 18.5 Å². The molecule has 1 atom stereocenters. The first kappa shape index (κ1) is 18.8. The van der Waals surface area contributed by atoms with Crippen LogP contribution in [0, 0.1) is 0 Å². The lowest BCUT2D eigenvalue weighted by Gasteiger charge is -2.29. The molecule has 30 heavy (non-hydrogen) atoms. The van der Waals surface area contributed by atoms with Crippen LogP contribution < -0.4 is 15.7 Å². The number of nitrogens with one attached hydrogen (secondary N) is 3. The number of hydrogen-bond donors (Lipinski definition) is 4. The smallest absolute Gasteiger partial charge is 0.326 e. The number of hydrogen-bond acceptors (Lipinski definition) is 6. The molecule has 1 aromatic carbocycles. The average molecular weight is 448 g/mol. The molecule has 1 unspecified atom stereocenters. The first-order chi connectivity index (χ1) is 14.5. The fraction of sp³-hybridized carbons (Fsp3) is 0.222. The molecule has 0 bridgehead atoms. The van der Waals surface area contributed by atoms with Gasteiger partial charge in [-0.05, 0) is 31.1 Å². The zero-order chi connectivity index (χ0) is 20.8. The number of aromatic hydroxyl groups is 1. The number of aromatic amines is 2. The number of rotatable bonds is 3. The number of nitrogens with zero attached hydrogens (tertiary/aromatic N) is 4. The van der Waals surface area contributed by atoms with Crippen LogP contribution in [0.25, 0.3) is 6.08 Å². The second-order valence-corrected chi connectivity index (χ2v) is 7.71. The largest absolute Gasteiger partial charge is 0.493 e. The lowest BCUT2D eigenvalue weighted by Crippen LogP contribution is -2.51. The highest BCUT2D eigenvalue weighted by Gasteiger charge is 2.36. The monoisotopic (exact) mass is 447 g/mol. The number of aliphatic imine (C=N–C) groups is 2. The third-order valence-electron chi connectivity index (χ3n) is 4.53. The maximum absolute atomic E-state index is 11.4. The molecule has 1 fully saturated rings. The van der Waals surface area contributed by atoms with Crippen LogP contribution in [0.5, 0.6) is 11.6 Å². The molecule has 1 aliphatic carbocycles. The van der Waals surface area contributed by atoms with Gasteiger partial charge in [-0.3, -0.25) is 10.3 Å². The summed E-state index contributed by atoms with van der Waals surface area (Å²) in [4.78, 5) is 25.4. The van der Waals surface area contributed by atoms with Gasteiger partial charge >= 0.3 is 5.69 Å². The zero-order valence-corrected chi connectivity index (χ0v) is 16.8. The summed E-state index contributed by atoms with van der Waals surface area (Å²) in [5.74, 6) is 0.551. The number of amidine groups is 1. The Bertz CT molecular complexity index is 1190. The van der Waals surface area contributed by atoms with Crippen LogP contribution in [-0.2, 0) is 0 Å². The van der Waals surface area contributed by atoms with Gasteiger partial charge in [0.25, 0.3) is 6.02 Å². The molecule has 1 aromatic heterocycles. The molecule has 2 aliphatic heterocycles. The van der Waals surface area contributed by atoms with E-state index in [1.54, 1.807) is 35.5 Å². The summed E-state index contributed by atoms with van der Waals surface area (Å²) < 4.78 is 5.85. The summed E-state index contributed by atoms with van der Waals surface area (Å²) in [7, 11) is 0. The van der Waals surface area contributed by atoms with Crippen molar-refractivity contribution >= 4 is 47.5 Å². The number of guanidine groups is 1. The molecule has 0 amide bonds. The Morgan fingerprint density at radius 2 is 2.13 bits per heavy atom. The van der Waals surface area contributed by atoms with Gasteiger partial charge in [0.2, 0.25) is 11.8 Å². The Balaban J connectivity index is 1.51. The van der Waals surface area contributed by atoms with E-state index in [2.05, 4.69) is 30.4 Å².